The minimum absolute atomic E-state index is 0.221. The Morgan fingerprint density at radius 1 is 1.50 bits per heavy atom. The minimum atomic E-state index is -0.221. The lowest BCUT2D eigenvalue weighted by Crippen LogP contribution is -2.39. The first kappa shape index (κ1) is 14.8. The maximum atomic E-state index is 11.7. The van der Waals surface area contributed by atoms with Crippen molar-refractivity contribution in [2.75, 3.05) is 31.6 Å². The molecule has 0 atom stereocenters. The fourth-order valence-corrected chi connectivity index (χ4v) is 2.54. The molecule has 2 heterocycles. The molecule has 2 N–H and O–H groups in total. The average Bonchev–Trinajstić information content (AvgIpc) is 2.45. The zero-order valence-corrected chi connectivity index (χ0v) is 12.5. The maximum Gasteiger partial charge on any atom is 0.295 e. The molecule has 1 aliphatic heterocycles. The van der Waals surface area contributed by atoms with Crippen molar-refractivity contribution in [3.8, 4) is 5.75 Å². The van der Waals surface area contributed by atoms with Crippen LogP contribution in [0.4, 0.5) is 5.82 Å². The third-order valence-electron chi connectivity index (χ3n) is 3.72. The Bertz CT molecular complexity index is 478. The van der Waals surface area contributed by atoms with Gasteiger partial charge in [0.15, 0.2) is 5.82 Å². The Kier molecular flexibility index (Phi) is 5.00. The van der Waals surface area contributed by atoms with Gasteiger partial charge in [0.1, 0.15) is 0 Å². The minimum Gasteiger partial charge on any atom is -0.489 e. The van der Waals surface area contributed by atoms with Gasteiger partial charge in [-0.2, -0.15) is 0 Å². The summed E-state index contributed by atoms with van der Waals surface area (Å²) in [6.45, 7) is 7.22. The van der Waals surface area contributed by atoms with Gasteiger partial charge in [0, 0.05) is 19.1 Å². The molecule has 1 aliphatic rings. The number of ether oxygens (including phenoxy) is 1. The highest BCUT2D eigenvalue weighted by Gasteiger charge is 2.23. The van der Waals surface area contributed by atoms with Crippen molar-refractivity contribution in [3.05, 3.63) is 16.7 Å². The molecule has 0 unspecified atom stereocenters. The summed E-state index contributed by atoms with van der Waals surface area (Å²) in [7, 11) is 1.51. The lowest BCUT2D eigenvalue weighted by molar-refractivity contribution is 0.363. The molecule has 1 fully saturated rings. The fourth-order valence-electron chi connectivity index (χ4n) is 2.54. The standard InChI is InChI=1S/C14H24N4O2/c1-10(2)15-8-11-4-6-18(7-5-11)13-12(20-3)14(19)17-9-16-13/h9-11,15H,4-8H2,1-3H3,(H,16,17,19). The van der Waals surface area contributed by atoms with E-state index in [1.165, 1.54) is 13.4 Å². The van der Waals surface area contributed by atoms with Gasteiger partial charge in [0.2, 0.25) is 5.75 Å². The van der Waals surface area contributed by atoms with Gasteiger partial charge in [-0.25, -0.2) is 4.98 Å². The molecule has 0 aliphatic carbocycles. The first-order valence-corrected chi connectivity index (χ1v) is 7.21. The number of nitrogens with one attached hydrogen (secondary N) is 2. The van der Waals surface area contributed by atoms with Crippen molar-refractivity contribution in [2.45, 2.75) is 32.7 Å². The zero-order valence-electron chi connectivity index (χ0n) is 12.5. The molecule has 6 heteroatoms. The third-order valence-corrected chi connectivity index (χ3v) is 3.72. The van der Waals surface area contributed by atoms with Crippen molar-refractivity contribution in [2.24, 2.45) is 5.92 Å². The van der Waals surface area contributed by atoms with Gasteiger partial charge < -0.3 is 19.9 Å². The summed E-state index contributed by atoms with van der Waals surface area (Å²) >= 11 is 0. The van der Waals surface area contributed by atoms with E-state index in [-0.39, 0.29) is 5.56 Å². The molecule has 0 radical (unpaired) electrons. The van der Waals surface area contributed by atoms with E-state index >= 15 is 0 Å². The van der Waals surface area contributed by atoms with Gasteiger partial charge in [-0.15, -0.1) is 0 Å². The predicted octanol–water partition coefficient (Wildman–Crippen LogP) is 0.993. The Hall–Kier alpha value is -1.56. The summed E-state index contributed by atoms with van der Waals surface area (Å²) < 4.78 is 5.17. The van der Waals surface area contributed by atoms with Crippen LogP contribution < -0.4 is 20.5 Å². The number of rotatable bonds is 5. The summed E-state index contributed by atoms with van der Waals surface area (Å²) in [6.07, 6.45) is 3.65. The van der Waals surface area contributed by atoms with Gasteiger partial charge in [0.05, 0.1) is 13.4 Å². The number of hydrogen-bond donors (Lipinski definition) is 2. The molecule has 2 rings (SSSR count). The molecule has 6 nitrogen and oxygen atoms in total. The van der Waals surface area contributed by atoms with Crippen molar-refractivity contribution < 1.29 is 4.74 Å². The van der Waals surface area contributed by atoms with Gasteiger partial charge >= 0.3 is 0 Å². The van der Waals surface area contributed by atoms with Crippen LogP contribution in [0.15, 0.2) is 11.1 Å². The summed E-state index contributed by atoms with van der Waals surface area (Å²) in [5.74, 6) is 1.67. The highest BCUT2D eigenvalue weighted by atomic mass is 16.5. The molecule has 0 spiro atoms. The maximum absolute atomic E-state index is 11.7. The Morgan fingerprint density at radius 2 is 2.20 bits per heavy atom. The van der Waals surface area contributed by atoms with Crippen molar-refractivity contribution >= 4 is 5.82 Å². The number of anilines is 1. The molecule has 0 bridgehead atoms. The topological polar surface area (TPSA) is 70.2 Å². The molecule has 0 saturated carbocycles. The SMILES string of the molecule is COc1c(N2CCC(CNC(C)C)CC2)nc[nH]c1=O. The fraction of sp³-hybridized carbons (Fsp3) is 0.714. The summed E-state index contributed by atoms with van der Waals surface area (Å²) in [6, 6.07) is 0.530. The van der Waals surface area contributed by atoms with Crippen LogP contribution in [-0.2, 0) is 0 Å². The van der Waals surface area contributed by atoms with Crippen LogP contribution in [0.2, 0.25) is 0 Å². The molecule has 1 aromatic heterocycles. The predicted molar refractivity (Wildman–Crippen MR) is 79.5 cm³/mol. The second kappa shape index (κ2) is 6.74. The van der Waals surface area contributed by atoms with E-state index in [4.69, 9.17) is 4.74 Å². The molecular weight excluding hydrogens is 256 g/mol. The first-order chi connectivity index (χ1) is 9.61. The number of aromatic amines is 1. The van der Waals surface area contributed by atoms with E-state index in [1.807, 2.05) is 0 Å². The van der Waals surface area contributed by atoms with E-state index in [9.17, 15) is 4.79 Å². The normalized spacial score (nSPS) is 16.7. The van der Waals surface area contributed by atoms with E-state index in [0.29, 0.717) is 23.5 Å². The molecular formula is C14H24N4O2. The van der Waals surface area contributed by atoms with Crippen LogP contribution in [0.5, 0.6) is 5.75 Å². The van der Waals surface area contributed by atoms with Crippen LogP contribution in [0.1, 0.15) is 26.7 Å². The highest BCUT2D eigenvalue weighted by molar-refractivity contribution is 5.50. The summed E-state index contributed by atoms with van der Waals surface area (Å²) in [4.78, 5) is 20.6. The number of nitrogens with zero attached hydrogens (tertiary/aromatic N) is 2. The Labute approximate surface area is 119 Å². The van der Waals surface area contributed by atoms with Crippen molar-refractivity contribution in [1.29, 1.82) is 0 Å². The second-order valence-electron chi connectivity index (χ2n) is 5.58. The molecule has 112 valence electrons. The molecule has 1 aromatic rings. The number of H-pyrrole nitrogens is 1. The molecule has 1 saturated heterocycles. The smallest absolute Gasteiger partial charge is 0.295 e. The van der Waals surface area contributed by atoms with Gasteiger partial charge in [-0.05, 0) is 25.3 Å². The second-order valence-corrected chi connectivity index (χ2v) is 5.58. The molecule has 0 amide bonds. The zero-order chi connectivity index (χ0) is 14.5. The highest BCUT2D eigenvalue weighted by Crippen LogP contribution is 2.26. The van der Waals surface area contributed by atoms with Crippen molar-refractivity contribution in [3.63, 3.8) is 0 Å². The Morgan fingerprint density at radius 3 is 2.80 bits per heavy atom. The number of aromatic nitrogens is 2. The van der Waals surface area contributed by atoms with E-state index in [2.05, 4.69) is 34.0 Å². The lowest BCUT2D eigenvalue weighted by atomic mass is 9.96. The van der Waals surface area contributed by atoms with E-state index in [1.54, 1.807) is 0 Å². The molecule has 0 aromatic carbocycles. The van der Waals surface area contributed by atoms with Gasteiger partial charge in [-0.1, -0.05) is 13.8 Å². The first-order valence-electron chi connectivity index (χ1n) is 7.21. The van der Waals surface area contributed by atoms with E-state index in [0.717, 1.165) is 32.5 Å². The van der Waals surface area contributed by atoms with Crippen molar-refractivity contribution in [1.82, 2.24) is 15.3 Å². The summed E-state index contributed by atoms with van der Waals surface area (Å²) in [5.41, 5.74) is -0.221. The van der Waals surface area contributed by atoms with E-state index < -0.39 is 0 Å². The number of hydrogen-bond acceptors (Lipinski definition) is 5. The molecule has 20 heavy (non-hydrogen) atoms. The van der Waals surface area contributed by atoms with Crippen LogP contribution in [0, 0.1) is 5.92 Å². The quantitative estimate of drug-likeness (QED) is 0.842. The number of methoxy groups -OCH3 is 1. The lowest BCUT2D eigenvalue weighted by Gasteiger charge is -2.33. The van der Waals surface area contributed by atoms with Crippen LogP contribution in [-0.4, -0.2) is 42.8 Å². The average molecular weight is 280 g/mol. The largest absolute Gasteiger partial charge is 0.489 e. The third kappa shape index (κ3) is 3.50. The Balaban J connectivity index is 1.97. The number of piperidine rings is 1. The monoisotopic (exact) mass is 280 g/mol. The summed E-state index contributed by atoms with van der Waals surface area (Å²) in [5, 5.41) is 3.49. The van der Waals surface area contributed by atoms with Gasteiger partial charge in [-0.3, -0.25) is 4.79 Å². The van der Waals surface area contributed by atoms with Crippen LogP contribution in [0.3, 0.4) is 0 Å². The van der Waals surface area contributed by atoms with Crippen LogP contribution in [0.25, 0.3) is 0 Å². The van der Waals surface area contributed by atoms with Gasteiger partial charge in [0.25, 0.3) is 5.56 Å². The van der Waals surface area contributed by atoms with Crippen LogP contribution >= 0.6 is 0 Å².